The lowest BCUT2D eigenvalue weighted by atomic mass is 9.83. The zero-order chi connectivity index (χ0) is 15.5. The molecule has 0 aromatic heterocycles. The second-order valence-corrected chi connectivity index (χ2v) is 7.93. The maximum Gasteiger partial charge on any atom is 0.220 e. The Kier molecular flexibility index (Phi) is 5.32. The van der Waals surface area contributed by atoms with E-state index in [2.05, 4.69) is 11.4 Å². The first-order chi connectivity index (χ1) is 10.6. The van der Waals surface area contributed by atoms with Crippen molar-refractivity contribution in [3.05, 3.63) is 28.8 Å². The highest BCUT2D eigenvalue weighted by atomic mass is 35.5. The van der Waals surface area contributed by atoms with Gasteiger partial charge in [0.25, 0.3) is 0 Å². The average molecular weight is 339 g/mol. The topological polar surface area (TPSA) is 55.1 Å². The van der Waals surface area contributed by atoms with Gasteiger partial charge >= 0.3 is 0 Å². The van der Waals surface area contributed by atoms with E-state index in [1.807, 2.05) is 23.9 Å². The Balaban J connectivity index is 1.64. The Labute approximate surface area is 141 Å². The maximum atomic E-state index is 12.4. The standard InChI is InChI=1S/C17H23ClN2OS/c18-12-5-6-16-13(10-12)15(7-8-22-16)20-17(21)9-11-3-1-2-4-14(11)19/h5-6,10-11,14-15H,1-4,7-9,19H2,(H,20,21). The van der Waals surface area contributed by atoms with E-state index in [0.717, 1.165) is 35.6 Å². The number of carbonyl (C=O) groups is 1. The van der Waals surface area contributed by atoms with E-state index in [1.165, 1.54) is 17.7 Å². The van der Waals surface area contributed by atoms with Crippen LogP contribution in [-0.4, -0.2) is 17.7 Å². The summed E-state index contributed by atoms with van der Waals surface area (Å²) in [6.07, 6.45) is 6.05. The van der Waals surface area contributed by atoms with Gasteiger partial charge < -0.3 is 11.1 Å². The molecule has 1 aliphatic heterocycles. The van der Waals surface area contributed by atoms with E-state index in [1.54, 1.807) is 0 Å². The largest absolute Gasteiger partial charge is 0.349 e. The van der Waals surface area contributed by atoms with Gasteiger partial charge in [0, 0.05) is 28.1 Å². The second-order valence-electron chi connectivity index (χ2n) is 6.35. The van der Waals surface area contributed by atoms with E-state index in [4.69, 9.17) is 17.3 Å². The molecule has 0 radical (unpaired) electrons. The molecule has 1 heterocycles. The quantitative estimate of drug-likeness (QED) is 0.878. The molecule has 3 nitrogen and oxygen atoms in total. The molecule has 3 atom stereocenters. The van der Waals surface area contributed by atoms with Gasteiger partial charge in [0.15, 0.2) is 0 Å². The van der Waals surface area contributed by atoms with E-state index in [0.29, 0.717) is 12.3 Å². The SMILES string of the molecule is NC1CCCCC1CC(=O)NC1CCSc2ccc(Cl)cc21. The van der Waals surface area contributed by atoms with Crippen LogP contribution in [0.15, 0.2) is 23.1 Å². The van der Waals surface area contributed by atoms with Crippen LogP contribution in [0.4, 0.5) is 0 Å². The Morgan fingerprint density at radius 1 is 1.32 bits per heavy atom. The predicted molar refractivity (Wildman–Crippen MR) is 92.2 cm³/mol. The summed E-state index contributed by atoms with van der Waals surface area (Å²) >= 11 is 7.95. The summed E-state index contributed by atoms with van der Waals surface area (Å²) in [6.45, 7) is 0. The Bertz CT molecular complexity index is 551. The average Bonchev–Trinajstić information content (AvgIpc) is 2.50. The highest BCUT2D eigenvalue weighted by molar-refractivity contribution is 7.99. The smallest absolute Gasteiger partial charge is 0.220 e. The lowest BCUT2D eigenvalue weighted by Crippen LogP contribution is -2.38. The van der Waals surface area contributed by atoms with Crippen LogP contribution in [-0.2, 0) is 4.79 Å². The van der Waals surface area contributed by atoms with Crippen LogP contribution in [0, 0.1) is 5.92 Å². The molecule has 22 heavy (non-hydrogen) atoms. The van der Waals surface area contributed by atoms with Gasteiger partial charge in [-0.15, -0.1) is 11.8 Å². The van der Waals surface area contributed by atoms with Gasteiger partial charge in [0.2, 0.25) is 5.91 Å². The predicted octanol–water partition coefficient (Wildman–Crippen LogP) is 3.90. The molecule has 3 N–H and O–H groups in total. The summed E-state index contributed by atoms with van der Waals surface area (Å²) in [5.74, 6) is 1.50. The van der Waals surface area contributed by atoms with Crippen molar-refractivity contribution in [3.63, 3.8) is 0 Å². The monoisotopic (exact) mass is 338 g/mol. The molecule has 0 spiro atoms. The van der Waals surface area contributed by atoms with Crippen molar-refractivity contribution in [1.29, 1.82) is 0 Å². The molecule has 1 aliphatic carbocycles. The van der Waals surface area contributed by atoms with Crippen LogP contribution in [0.25, 0.3) is 0 Å². The zero-order valence-corrected chi connectivity index (χ0v) is 14.3. The van der Waals surface area contributed by atoms with Crippen molar-refractivity contribution in [2.45, 2.75) is 55.5 Å². The molecule has 0 saturated heterocycles. The van der Waals surface area contributed by atoms with Gasteiger partial charge in [0.05, 0.1) is 6.04 Å². The Morgan fingerprint density at radius 3 is 2.95 bits per heavy atom. The molecule has 5 heteroatoms. The minimum absolute atomic E-state index is 0.0854. The number of fused-ring (bicyclic) bond motifs is 1. The van der Waals surface area contributed by atoms with E-state index < -0.39 is 0 Å². The van der Waals surface area contributed by atoms with E-state index >= 15 is 0 Å². The normalized spacial score (nSPS) is 28.0. The molecular formula is C17H23ClN2OS. The van der Waals surface area contributed by atoms with Gasteiger partial charge in [-0.3, -0.25) is 4.79 Å². The number of nitrogens with one attached hydrogen (secondary N) is 1. The lowest BCUT2D eigenvalue weighted by molar-refractivity contribution is -0.123. The molecule has 3 unspecified atom stereocenters. The molecule has 3 rings (SSSR count). The number of benzene rings is 1. The molecule has 120 valence electrons. The summed E-state index contributed by atoms with van der Waals surface area (Å²) in [7, 11) is 0. The van der Waals surface area contributed by atoms with Crippen LogP contribution in [0.2, 0.25) is 5.02 Å². The first-order valence-corrected chi connectivity index (χ1v) is 9.47. The first-order valence-electron chi connectivity index (χ1n) is 8.10. The Hall–Kier alpha value is -0.710. The minimum atomic E-state index is 0.0854. The van der Waals surface area contributed by atoms with E-state index in [9.17, 15) is 4.79 Å². The number of amides is 1. The third kappa shape index (κ3) is 3.79. The second kappa shape index (κ2) is 7.24. The van der Waals surface area contributed by atoms with Crippen LogP contribution in [0.3, 0.4) is 0 Å². The molecular weight excluding hydrogens is 316 g/mol. The number of rotatable bonds is 3. The third-order valence-electron chi connectivity index (χ3n) is 4.76. The first kappa shape index (κ1) is 16.2. The third-order valence-corrected chi connectivity index (χ3v) is 6.12. The summed E-state index contributed by atoms with van der Waals surface area (Å²) in [5.41, 5.74) is 7.31. The number of hydrogen-bond donors (Lipinski definition) is 2. The van der Waals surface area contributed by atoms with E-state index in [-0.39, 0.29) is 18.0 Å². The number of halogens is 1. The summed E-state index contributed by atoms with van der Waals surface area (Å²) in [6, 6.07) is 6.22. The molecule has 2 aliphatic rings. The summed E-state index contributed by atoms with van der Waals surface area (Å²) in [5, 5.41) is 3.93. The van der Waals surface area contributed by atoms with Gasteiger partial charge in [-0.25, -0.2) is 0 Å². The highest BCUT2D eigenvalue weighted by Gasteiger charge is 2.27. The van der Waals surface area contributed by atoms with Crippen LogP contribution in [0.1, 0.15) is 50.1 Å². The summed E-state index contributed by atoms with van der Waals surface area (Å²) in [4.78, 5) is 13.6. The van der Waals surface area contributed by atoms with Crippen LogP contribution < -0.4 is 11.1 Å². The number of thioether (sulfide) groups is 1. The van der Waals surface area contributed by atoms with Gasteiger partial charge in [0.1, 0.15) is 0 Å². The fraction of sp³-hybridized carbons (Fsp3) is 0.588. The lowest BCUT2D eigenvalue weighted by Gasteiger charge is -2.30. The molecule has 0 bridgehead atoms. The number of nitrogens with two attached hydrogens (primary N) is 1. The van der Waals surface area contributed by atoms with Gasteiger partial charge in [-0.2, -0.15) is 0 Å². The maximum absolute atomic E-state index is 12.4. The molecule has 1 amide bonds. The van der Waals surface area contributed by atoms with Crippen LogP contribution in [0.5, 0.6) is 0 Å². The molecule has 1 saturated carbocycles. The van der Waals surface area contributed by atoms with Crippen molar-refractivity contribution in [2.24, 2.45) is 11.7 Å². The number of hydrogen-bond acceptors (Lipinski definition) is 3. The van der Waals surface area contributed by atoms with Crippen LogP contribution >= 0.6 is 23.4 Å². The minimum Gasteiger partial charge on any atom is -0.349 e. The number of carbonyl (C=O) groups excluding carboxylic acids is 1. The fourth-order valence-corrected chi connectivity index (χ4v) is 4.78. The highest BCUT2D eigenvalue weighted by Crippen LogP contribution is 2.37. The zero-order valence-electron chi connectivity index (χ0n) is 12.7. The molecule has 1 aromatic rings. The van der Waals surface area contributed by atoms with Crippen molar-refractivity contribution in [2.75, 3.05) is 5.75 Å². The molecule has 1 fully saturated rings. The van der Waals surface area contributed by atoms with Crippen molar-refractivity contribution < 1.29 is 4.79 Å². The Morgan fingerprint density at radius 2 is 2.14 bits per heavy atom. The van der Waals surface area contributed by atoms with Crippen molar-refractivity contribution >= 4 is 29.3 Å². The fourth-order valence-electron chi connectivity index (χ4n) is 3.50. The van der Waals surface area contributed by atoms with Gasteiger partial charge in [-0.05, 0) is 48.9 Å². The molecule has 1 aromatic carbocycles. The van der Waals surface area contributed by atoms with Crippen molar-refractivity contribution in [3.8, 4) is 0 Å². The van der Waals surface area contributed by atoms with Crippen molar-refractivity contribution in [1.82, 2.24) is 5.32 Å². The summed E-state index contributed by atoms with van der Waals surface area (Å²) < 4.78 is 0. The van der Waals surface area contributed by atoms with Gasteiger partial charge in [-0.1, -0.05) is 24.4 Å².